The Morgan fingerprint density at radius 2 is 0.984 bits per heavy atom. The molecular weight excluding hydrogens is 811 g/mol. The first-order valence-corrected chi connectivity index (χ1v) is 25.4. The highest BCUT2D eigenvalue weighted by atomic mass is 16.7. The Labute approximate surface area is 380 Å². The van der Waals surface area contributed by atoms with Gasteiger partial charge in [-0.15, -0.1) is 0 Å². The van der Waals surface area contributed by atoms with Crippen molar-refractivity contribution in [2.75, 3.05) is 19.8 Å². The molecule has 372 valence electrons. The molecule has 0 aromatic rings. The van der Waals surface area contributed by atoms with Crippen molar-refractivity contribution < 1.29 is 64.6 Å². The van der Waals surface area contributed by atoms with Gasteiger partial charge in [-0.05, 0) is 19.3 Å². The van der Waals surface area contributed by atoms with E-state index in [9.17, 15) is 45.6 Å². The normalized spacial score (nSPS) is 27.5. The molecule has 2 aliphatic heterocycles. The van der Waals surface area contributed by atoms with E-state index in [4.69, 9.17) is 18.9 Å². The number of rotatable bonds is 39. The third-order valence-corrected chi connectivity index (χ3v) is 12.7. The highest BCUT2D eigenvalue weighted by Crippen LogP contribution is 2.30. The Balaban J connectivity index is 1.80. The number of aliphatic hydroxyl groups is 8. The van der Waals surface area contributed by atoms with Gasteiger partial charge in [-0.3, -0.25) is 4.79 Å². The summed E-state index contributed by atoms with van der Waals surface area (Å²) in [4.78, 5) is 13.1. The Hall–Kier alpha value is -1.27. The number of ether oxygens (including phenoxy) is 4. The van der Waals surface area contributed by atoms with Crippen molar-refractivity contribution >= 4 is 5.91 Å². The molecule has 63 heavy (non-hydrogen) atoms. The molecule has 0 saturated carbocycles. The van der Waals surface area contributed by atoms with Crippen LogP contribution in [0, 0.1) is 0 Å². The fourth-order valence-corrected chi connectivity index (χ4v) is 8.53. The molecule has 0 radical (unpaired) electrons. The second-order valence-corrected chi connectivity index (χ2v) is 18.3. The maximum atomic E-state index is 13.1. The van der Waals surface area contributed by atoms with E-state index in [1.54, 1.807) is 6.08 Å². The third kappa shape index (κ3) is 24.4. The molecule has 9 N–H and O–H groups in total. The summed E-state index contributed by atoms with van der Waals surface area (Å²) in [5, 5.41) is 86.6. The van der Waals surface area contributed by atoms with Crippen molar-refractivity contribution in [2.24, 2.45) is 0 Å². The summed E-state index contributed by atoms with van der Waals surface area (Å²) in [5.74, 6) is -0.238. The highest BCUT2D eigenvalue weighted by molar-refractivity contribution is 5.76. The summed E-state index contributed by atoms with van der Waals surface area (Å²) in [5.41, 5.74) is 0. The number of carbonyl (C=O) groups excluding carboxylic acids is 1. The van der Waals surface area contributed by atoms with E-state index >= 15 is 0 Å². The number of unbranched alkanes of at least 4 members (excludes halogenated alkanes) is 26. The number of carbonyl (C=O) groups is 1. The van der Waals surface area contributed by atoms with Crippen LogP contribution in [-0.4, -0.2) is 140 Å². The lowest BCUT2D eigenvalue weighted by molar-refractivity contribution is -0.359. The first kappa shape index (κ1) is 57.9. The average Bonchev–Trinajstić information content (AvgIpc) is 3.28. The maximum Gasteiger partial charge on any atom is 0.220 e. The van der Waals surface area contributed by atoms with E-state index in [-0.39, 0.29) is 18.9 Å². The molecule has 1 amide bonds. The van der Waals surface area contributed by atoms with E-state index in [1.165, 1.54) is 135 Å². The van der Waals surface area contributed by atoms with Gasteiger partial charge in [-0.25, -0.2) is 0 Å². The minimum atomic E-state index is -1.78. The molecule has 0 aliphatic carbocycles. The molecule has 2 rings (SSSR count). The molecule has 2 fully saturated rings. The second kappa shape index (κ2) is 36.8. The lowest BCUT2D eigenvalue weighted by atomic mass is 9.97. The molecule has 12 atom stereocenters. The largest absolute Gasteiger partial charge is 0.394 e. The summed E-state index contributed by atoms with van der Waals surface area (Å²) in [7, 11) is 0. The van der Waals surface area contributed by atoms with Crippen molar-refractivity contribution in [2.45, 2.75) is 274 Å². The van der Waals surface area contributed by atoms with E-state index in [0.29, 0.717) is 6.42 Å². The molecule has 0 aromatic heterocycles. The molecule has 0 aromatic carbocycles. The Morgan fingerprint density at radius 1 is 0.556 bits per heavy atom. The van der Waals surface area contributed by atoms with Crippen LogP contribution in [0.1, 0.15) is 200 Å². The standard InChI is InChI=1S/C49H93NO13/c1-3-5-7-9-11-13-15-16-17-18-19-20-21-22-23-25-27-29-31-33-41(54)50-37(38(53)32-30-28-26-24-14-12-10-8-6-4-2)36-60-48-46(59)44(57)47(40(35-52)62-48)63-49-45(58)43(56)42(55)39(34-51)61-49/h30,32,37-40,42-49,51-53,55-59H,3-29,31,33-36H2,1-2H3,(H,50,54)/b32-30+. The van der Waals surface area contributed by atoms with Crippen LogP contribution in [0.5, 0.6) is 0 Å². The predicted octanol–water partition coefficient (Wildman–Crippen LogP) is 6.38. The van der Waals surface area contributed by atoms with Gasteiger partial charge in [-0.2, -0.15) is 0 Å². The summed E-state index contributed by atoms with van der Waals surface area (Å²) in [6, 6.07) is -0.906. The van der Waals surface area contributed by atoms with E-state index in [0.717, 1.165) is 38.5 Å². The van der Waals surface area contributed by atoms with E-state index < -0.39 is 86.8 Å². The minimum absolute atomic E-state index is 0.238. The summed E-state index contributed by atoms with van der Waals surface area (Å²) in [6.07, 6.45) is 21.2. The van der Waals surface area contributed by atoms with Crippen molar-refractivity contribution in [3.8, 4) is 0 Å². The summed E-state index contributed by atoms with van der Waals surface area (Å²) in [6.45, 7) is 2.77. The van der Waals surface area contributed by atoms with Gasteiger partial charge in [0.05, 0.1) is 32.0 Å². The molecule has 12 unspecified atom stereocenters. The van der Waals surface area contributed by atoms with Crippen LogP contribution in [0.25, 0.3) is 0 Å². The first-order chi connectivity index (χ1) is 30.6. The summed E-state index contributed by atoms with van der Waals surface area (Å²) < 4.78 is 22.7. The molecule has 0 bridgehead atoms. The van der Waals surface area contributed by atoms with Crippen LogP contribution >= 0.6 is 0 Å². The van der Waals surface area contributed by atoms with Crippen molar-refractivity contribution in [3.05, 3.63) is 12.2 Å². The molecule has 2 aliphatic rings. The second-order valence-electron chi connectivity index (χ2n) is 18.3. The quantitative estimate of drug-likeness (QED) is 0.0241. The monoisotopic (exact) mass is 904 g/mol. The van der Waals surface area contributed by atoms with Gasteiger partial charge in [0.2, 0.25) is 5.91 Å². The SMILES string of the molecule is CCCCCCCCCC/C=C/C(O)C(COC1OC(CO)C(OC2OC(CO)C(O)C(O)C2O)C(O)C1O)NC(=O)CCCCCCCCCCCCCCCCCCCCC. The number of hydrogen-bond acceptors (Lipinski definition) is 13. The van der Waals surface area contributed by atoms with Crippen LogP contribution in [-0.2, 0) is 23.7 Å². The van der Waals surface area contributed by atoms with Crippen LogP contribution in [0.15, 0.2) is 12.2 Å². The molecule has 0 spiro atoms. The lowest BCUT2D eigenvalue weighted by Crippen LogP contribution is -2.65. The molecule has 2 saturated heterocycles. The predicted molar refractivity (Wildman–Crippen MR) is 245 cm³/mol. The van der Waals surface area contributed by atoms with Gasteiger partial charge in [0.15, 0.2) is 12.6 Å². The fraction of sp³-hybridized carbons (Fsp3) is 0.939. The Kier molecular flexibility index (Phi) is 33.8. The lowest BCUT2D eigenvalue weighted by Gasteiger charge is -2.46. The number of amides is 1. The summed E-state index contributed by atoms with van der Waals surface area (Å²) >= 11 is 0. The van der Waals surface area contributed by atoms with Gasteiger partial charge in [0, 0.05) is 6.42 Å². The van der Waals surface area contributed by atoms with Gasteiger partial charge in [0.1, 0.15) is 48.8 Å². The smallest absolute Gasteiger partial charge is 0.220 e. The minimum Gasteiger partial charge on any atom is -0.394 e. The fourth-order valence-electron chi connectivity index (χ4n) is 8.53. The number of hydrogen-bond donors (Lipinski definition) is 9. The average molecular weight is 904 g/mol. The van der Waals surface area contributed by atoms with Crippen molar-refractivity contribution in [3.63, 3.8) is 0 Å². The zero-order chi connectivity index (χ0) is 46.1. The van der Waals surface area contributed by atoms with E-state index in [1.807, 2.05) is 6.08 Å². The molecular formula is C49H93NO13. The van der Waals surface area contributed by atoms with Gasteiger partial charge >= 0.3 is 0 Å². The Bertz CT molecular complexity index is 1120. The number of aliphatic hydroxyl groups excluding tert-OH is 8. The van der Waals surface area contributed by atoms with Gasteiger partial charge in [-0.1, -0.05) is 187 Å². The van der Waals surface area contributed by atoms with Gasteiger partial charge in [0.25, 0.3) is 0 Å². The van der Waals surface area contributed by atoms with E-state index in [2.05, 4.69) is 19.2 Å². The zero-order valence-corrected chi connectivity index (χ0v) is 39.3. The maximum absolute atomic E-state index is 13.1. The zero-order valence-electron chi connectivity index (χ0n) is 39.3. The Morgan fingerprint density at radius 3 is 1.46 bits per heavy atom. The van der Waals surface area contributed by atoms with Crippen LogP contribution < -0.4 is 5.32 Å². The highest BCUT2D eigenvalue weighted by Gasteiger charge is 2.51. The van der Waals surface area contributed by atoms with Crippen molar-refractivity contribution in [1.29, 1.82) is 0 Å². The molecule has 2 heterocycles. The molecule has 14 nitrogen and oxygen atoms in total. The van der Waals surface area contributed by atoms with Crippen LogP contribution in [0.4, 0.5) is 0 Å². The van der Waals surface area contributed by atoms with Gasteiger partial charge < -0.3 is 65.1 Å². The first-order valence-electron chi connectivity index (χ1n) is 25.4. The topological polar surface area (TPSA) is 228 Å². The van der Waals surface area contributed by atoms with Crippen molar-refractivity contribution in [1.82, 2.24) is 5.32 Å². The van der Waals surface area contributed by atoms with Crippen LogP contribution in [0.3, 0.4) is 0 Å². The number of nitrogens with one attached hydrogen (secondary N) is 1. The molecule has 14 heteroatoms. The number of allylic oxidation sites excluding steroid dienone is 1. The van der Waals surface area contributed by atoms with Crippen LogP contribution in [0.2, 0.25) is 0 Å². The third-order valence-electron chi connectivity index (χ3n) is 12.7.